The number of amides is 1. The molecule has 4 heteroatoms. The molecule has 1 rings (SSSR count). The van der Waals surface area contributed by atoms with Crippen molar-refractivity contribution in [2.24, 2.45) is 5.92 Å². The number of esters is 1. The third-order valence-electron chi connectivity index (χ3n) is 2.25. The van der Waals surface area contributed by atoms with Crippen LogP contribution in [0.5, 0.6) is 0 Å². The normalized spacial score (nSPS) is 9.53. The highest BCUT2D eigenvalue weighted by Crippen LogP contribution is 2.18. The number of nitrogens with one attached hydrogen (secondary N) is 1. The van der Waals surface area contributed by atoms with Gasteiger partial charge >= 0.3 is 5.97 Å². The minimum atomic E-state index is -0.449. The standard InChI is InChI=1S/C15H17NO3/c1-10(2)5-6-12-7-8-13(15(18)19-4)9-14(12)16-11(3)17/h7-10H,1-4H3,(H,16,17). The zero-order valence-electron chi connectivity index (χ0n) is 11.5. The third-order valence-corrected chi connectivity index (χ3v) is 2.25. The van der Waals surface area contributed by atoms with E-state index in [4.69, 9.17) is 0 Å². The first kappa shape index (κ1) is 14.8. The number of anilines is 1. The molecule has 0 spiro atoms. The number of carbonyl (C=O) groups is 2. The highest BCUT2D eigenvalue weighted by Gasteiger charge is 2.09. The Morgan fingerprint density at radius 3 is 2.53 bits per heavy atom. The van der Waals surface area contributed by atoms with Crippen molar-refractivity contribution in [2.45, 2.75) is 20.8 Å². The van der Waals surface area contributed by atoms with E-state index < -0.39 is 5.97 Å². The van der Waals surface area contributed by atoms with Gasteiger partial charge in [-0.1, -0.05) is 25.7 Å². The molecule has 1 aromatic carbocycles. The molecular weight excluding hydrogens is 242 g/mol. The molecule has 1 aromatic rings. The topological polar surface area (TPSA) is 55.4 Å². The van der Waals surface area contributed by atoms with Crippen LogP contribution in [0.3, 0.4) is 0 Å². The second kappa shape index (κ2) is 6.60. The fourth-order valence-corrected chi connectivity index (χ4v) is 1.41. The molecule has 0 aliphatic carbocycles. The van der Waals surface area contributed by atoms with E-state index in [9.17, 15) is 9.59 Å². The minimum absolute atomic E-state index is 0.213. The van der Waals surface area contributed by atoms with Crippen LogP contribution < -0.4 is 5.32 Å². The molecule has 0 atom stereocenters. The van der Waals surface area contributed by atoms with E-state index in [2.05, 4.69) is 21.9 Å². The van der Waals surface area contributed by atoms with Crippen LogP contribution in [0.15, 0.2) is 18.2 Å². The lowest BCUT2D eigenvalue weighted by Crippen LogP contribution is -2.09. The summed E-state index contributed by atoms with van der Waals surface area (Å²) in [5.41, 5.74) is 1.57. The van der Waals surface area contributed by atoms with Gasteiger partial charge in [-0.05, 0) is 18.2 Å². The molecule has 0 aromatic heterocycles. The Hall–Kier alpha value is -2.28. The van der Waals surface area contributed by atoms with Gasteiger partial charge < -0.3 is 10.1 Å². The largest absolute Gasteiger partial charge is 0.465 e. The van der Waals surface area contributed by atoms with Crippen molar-refractivity contribution in [3.8, 4) is 11.8 Å². The van der Waals surface area contributed by atoms with Gasteiger partial charge in [0.05, 0.1) is 18.4 Å². The van der Waals surface area contributed by atoms with Gasteiger partial charge in [0.25, 0.3) is 0 Å². The van der Waals surface area contributed by atoms with Crippen LogP contribution >= 0.6 is 0 Å². The van der Waals surface area contributed by atoms with Gasteiger partial charge in [-0.3, -0.25) is 4.79 Å². The maximum Gasteiger partial charge on any atom is 0.337 e. The number of benzene rings is 1. The van der Waals surface area contributed by atoms with Crippen LogP contribution in [0, 0.1) is 17.8 Å². The van der Waals surface area contributed by atoms with Crippen LogP contribution in [0.1, 0.15) is 36.7 Å². The van der Waals surface area contributed by atoms with Crippen LogP contribution in [-0.2, 0) is 9.53 Å². The molecular formula is C15H17NO3. The molecule has 4 nitrogen and oxygen atoms in total. The summed E-state index contributed by atoms with van der Waals surface area (Å²) in [7, 11) is 1.31. The SMILES string of the molecule is COC(=O)c1ccc(C#CC(C)C)c(NC(C)=O)c1. The average Bonchev–Trinajstić information content (AvgIpc) is 2.35. The summed E-state index contributed by atoms with van der Waals surface area (Å²) >= 11 is 0. The van der Waals surface area contributed by atoms with Gasteiger partial charge in [-0.15, -0.1) is 0 Å². The maximum absolute atomic E-state index is 11.5. The number of ether oxygens (including phenoxy) is 1. The lowest BCUT2D eigenvalue weighted by atomic mass is 10.1. The predicted molar refractivity (Wildman–Crippen MR) is 73.8 cm³/mol. The summed E-state index contributed by atoms with van der Waals surface area (Å²) in [5.74, 6) is 5.57. The van der Waals surface area contributed by atoms with E-state index in [0.29, 0.717) is 16.8 Å². The summed E-state index contributed by atoms with van der Waals surface area (Å²) < 4.78 is 4.65. The molecule has 1 N–H and O–H groups in total. The van der Waals surface area contributed by atoms with E-state index in [1.54, 1.807) is 18.2 Å². The summed E-state index contributed by atoms with van der Waals surface area (Å²) in [4.78, 5) is 22.6. The van der Waals surface area contributed by atoms with Crippen molar-refractivity contribution in [1.29, 1.82) is 0 Å². The Labute approximate surface area is 113 Å². The van der Waals surface area contributed by atoms with Gasteiger partial charge in [0, 0.05) is 18.4 Å². The van der Waals surface area contributed by atoms with Crippen molar-refractivity contribution in [2.75, 3.05) is 12.4 Å². The van der Waals surface area contributed by atoms with Crippen molar-refractivity contribution in [3.05, 3.63) is 29.3 Å². The van der Waals surface area contributed by atoms with Crippen molar-refractivity contribution in [1.82, 2.24) is 0 Å². The van der Waals surface area contributed by atoms with Crippen LogP contribution in [0.2, 0.25) is 0 Å². The molecule has 0 bridgehead atoms. The molecule has 0 radical (unpaired) electrons. The Morgan fingerprint density at radius 1 is 1.32 bits per heavy atom. The van der Waals surface area contributed by atoms with Crippen LogP contribution in [-0.4, -0.2) is 19.0 Å². The number of hydrogen-bond acceptors (Lipinski definition) is 3. The van der Waals surface area contributed by atoms with Gasteiger partial charge in [0.1, 0.15) is 0 Å². The second-order valence-corrected chi connectivity index (χ2v) is 4.36. The van der Waals surface area contributed by atoms with Gasteiger partial charge in [-0.25, -0.2) is 4.79 Å². The molecule has 0 aliphatic rings. The van der Waals surface area contributed by atoms with E-state index in [1.165, 1.54) is 14.0 Å². The Morgan fingerprint density at radius 2 is 2.00 bits per heavy atom. The summed E-state index contributed by atoms with van der Waals surface area (Å²) in [6, 6.07) is 4.89. The molecule has 0 saturated heterocycles. The molecule has 0 heterocycles. The average molecular weight is 259 g/mol. The van der Waals surface area contributed by atoms with E-state index in [0.717, 1.165) is 0 Å². The van der Waals surface area contributed by atoms with Crippen molar-refractivity contribution in [3.63, 3.8) is 0 Å². The molecule has 1 amide bonds. The highest BCUT2D eigenvalue weighted by molar-refractivity contribution is 5.95. The van der Waals surface area contributed by atoms with E-state index in [-0.39, 0.29) is 11.8 Å². The first-order valence-corrected chi connectivity index (χ1v) is 5.95. The van der Waals surface area contributed by atoms with Crippen LogP contribution in [0.25, 0.3) is 0 Å². The minimum Gasteiger partial charge on any atom is -0.465 e. The van der Waals surface area contributed by atoms with Crippen LogP contribution in [0.4, 0.5) is 5.69 Å². The van der Waals surface area contributed by atoms with Crippen molar-refractivity contribution >= 4 is 17.6 Å². The smallest absolute Gasteiger partial charge is 0.337 e. The zero-order chi connectivity index (χ0) is 14.4. The molecule has 0 aliphatic heterocycles. The quantitative estimate of drug-likeness (QED) is 0.655. The lowest BCUT2D eigenvalue weighted by Gasteiger charge is -2.07. The zero-order valence-corrected chi connectivity index (χ0v) is 11.5. The molecule has 19 heavy (non-hydrogen) atoms. The van der Waals surface area contributed by atoms with Gasteiger partial charge in [0.2, 0.25) is 5.91 Å². The summed E-state index contributed by atoms with van der Waals surface area (Å²) in [6.45, 7) is 5.37. The van der Waals surface area contributed by atoms with Crippen molar-refractivity contribution < 1.29 is 14.3 Å². The molecule has 100 valence electrons. The van der Waals surface area contributed by atoms with E-state index >= 15 is 0 Å². The second-order valence-electron chi connectivity index (χ2n) is 4.36. The molecule has 0 fully saturated rings. The number of methoxy groups -OCH3 is 1. The van der Waals surface area contributed by atoms with E-state index in [1.807, 2.05) is 13.8 Å². The fourth-order valence-electron chi connectivity index (χ4n) is 1.41. The summed E-state index contributed by atoms with van der Waals surface area (Å²) in [5, 5.41) is 2.67. The van der Waals surface area contributed by atoms with Gasteiger partial charge in [0.15, 0.2) is 0 Å². The highest BCUT2D eigenvalue weighted by atomic mass is 16.5. The number of hydrogen-bond donors (Lipinski definition) is 1. The first-order chi connectivity index (χ1) is 8.93. The predicted octanol–water partition coefficient (Wildman–Crippen LogP) is 2.44. The molecule has 0 saturated carbocycles. The monoisotopic (exact) mass is 259 g/mol. The Kier molecular flexibility index (Phi) is 5.13. The summed E-state index contributed by atoms with van der Waals surface area (Å²) in [6.07, 6.45) is 0. The van der Waals surface area contributed by atoms with Gasteiger partial charge in [-0.2, -0.15) is 0 Å². The maximum atomic E-state index is 11.5. The number of carbonyl (C=O) groups excluding carboxylic acids is 2. The third kappa shape index (κ3) is 4.47. The Bertz CT molecular complexity index is 550. The lowest BCUT2D eigenvalue weighted by molar-refractivity contribution is -0.114. The number of rotatable bonds is 2. The fraction of sp³-hybridized carbons (Fsp3) is 0.333. The Balaban J connectivity index is 3.21. The first-order valence-electron chi connectivity index (χ1n) is 5.95. The molecule has 0 unspecified atom stereocenters.